The number of ketones is 1. The molecule has 0 aliphatic carbocycles. The monoisotopic (exact) mass is 498 g/mol. The van der Waals surface area contributed by atoms with Gasteiger partial charge in [-0.2, -0.15) is 13.2 Å². The maximum atomic E-state index is 13.4. The van der Waals surface area contributed by atoms with Crippen LogP contribution in [0.15, 0.2) is 73.4 Å². The average molecular weight is 498 g/mol. The van der Waals surface area contributed by atoms with Gasteiger partial charge >= 0.3 is 12.2 Å². The number of anilines is 2. The molecular formula is C25H21F3N4O4. The normalized spacial score (nSPS) is 10.8. The fourth-order valence-corrected chi connectivity index (χ4v) is 3.09. The van der Waals surface area contributed by atoms with Gasteiger partial charge in [-0.05, 0) is 54.1 Å². The van der Waals surface area contributed by atoms with Crippen LogP contribution in [0.4, 0.5) is 29.3 Å². The third kappa shape index (κ3) is 6.92. The van der Waals surface area contributed by atoms with Crippen LogP contribution in [0.1, 0.15) is 21.6 Å². The van der Waals surface area contributed by atoms with Gasteiger partial charge in [-0.1, -0.05) is 12.6 Å². The minimum absolute atomic E-state index is 0.0980. The van der Waals surface area contributed by atoms with Crippen molar-refractivity contribution < 1.29 is 32.3 Å². The summed E-state index contributed by atoms with van der Waals surface area (Å²) in [5, 5.41) is 7.32. The van der Waals surface area contributed by atoms with E-state index in [1.165, 1.54) is 37.5 Å². The molecule has 0 bridgehead atoms. The smallest absolute Gasteiger partial charge is 0.416 e. The van der Waals surface area contributed by atoms with Gasteiger partial charge in [0.05, 0.1) is 5.56 Å². The molecule has 3 rings (SSSR count). The molecular weight excluding hydrogens is 477 g/mol. The summed E-state index contributed by atoms with van der Waals surface area (Å²) < 4.78 is 46.0. The number of ether oxygens (including phenoxy) is 1. The molecule has 11 heteroatoms. The van der Waals surface area contributed by atoms with Gasteiger partial charge in [0, 0.05) is 37.1 Å². The predicted octanol–water partition coefficient (Wildman–Crippen LogP) is 5.19. The molecule has 0 unspecified atom stereocenters. The molecule has 0 spiro atoms. The zero-order chi connectivity index (χ0) is 26.3. The number of carbonyl (C=O) groups excluding carboxylic acids is 3. The molecule has 8 nitrogen and oxygen atoms in total. The number of alkyl halides is 3. The molecule has 0 aliphatic heterocycles. The van der Waals surface area contributed by atoms with Crippen molar-refractivity contribution in [2.24, 2.45) is 0 Å². The van der Waals surface area contributed by atoms with Crippen molar-refractivity contribution in [2.45, 2.75) is 12.6 Å². The number of aromatic nitrogens is 1. The predicted molar refractivity (Wildman–Crippen MR) is 127 cm³/mol. The van der Waals surface area contributed by atoms with Gasteiger partial charge in [-0.3, -0.25) is 14.6 Å². The number of hydrogen-bond donors (Lipinski definition) is 3. The molecule has 2 aromatic carbocycles. The number of hydrogen-bond acceptors (Lipinski definition) is 5. The van der Waals surface area contributed by atoms with Gasteiger partial charge in [0.1, 0.15) is 17.2 Å². The lowest BCUT2D eigenvalue weighted by molar-refractivity contribution is -0.138. The van der Waals surface area contributed by atoms with Crippen molar-refractivity contribution in [1.82, 2.24) is 10.3 Å². The Balaban J connectivity index is 1.65. The molecule has 1 aromatic heterocycles. The largest absolute Gasteiger partial charge is 0.457 e. The Kier molecular flexibility index (Phi) is 8.05. The van der Waals surface area contributed by atoms with Crippen LogP contribution >= 0.6 is 0 Å². The lowest BCUT2D eigenvalue weighted by Crippen LogP contribution is -2.20. The first-order chi connectivity index (χ1) is 17.1. The Morgan fingerprint density at radius 1 is 0.972 bits per heavy atom. The highest BCUT2D eigenvalue weighted by molar-refractivity contribution is 6.00. The van der Waals surface area contributed by atoms with E-state index >= 15 is 0 Å². The van der Waals surface area contributed by atoms with Crippen LogP contribution in [0, 0.1) is 0 Å². The molecule has 186 valence electrons. The highest BCUT2D eigenvalue weighted by Crippen LogP contribution is 2.34. The SMILES string of the molecule is C=CC(=O)Cc1ccc(NC(=O)Nc2ccc(Oc3ccnc(C(=O)NC)c3)cc2)cc1C(F)(F)F. The number of carbonyl (C=O) groups is 3. The quantitative estimate of drug-likeness (QED) is 0.370. The number of pyridine rings is 1. The number of nitrogens with zero attached hydrogens (tertiary/aromatic N) is 1. The van der Waals surface area contributed by atoms with Crippen LogP contribution < -0.4 is 20.7 Å². The van der Waals surface area contributed by atoms with Crippen molar-refractivity contribution in [3.05, 3.63) is 90.3 Å². The number of urea groups is 1. The zero-order valence-corrected chi connectivity index (χ0v) is 19.0. The van der Waals surface area contributed by atoms with Crippen molar-refractivity contribution >= 4 is 29.1 Å². The molecule has 0 atom stereocenters. The van der Waals surface area contributed by atoms with Crippen LogP contribution in [-0.4, -0.2) is 29.8 Å². The van der Waals surface area contributed by atoms with E-state index in [9.17, 15) is 27.6 Å². The van der Waals surface area contributed by atoms with E-state index in [0.29, 0.717) is 17.2 Å². The van der Waals surface area contributed by atoms with Crippen molar-refractivity contribution in [1.29, 1.82) is 0 Å². The lowest BCUT2D eigenvalue weighted by atomic mass is 10.0. The Bertz CT molecular complexity index is 1290. The van der Waals surface area contributed by atoms with Gasteiger partial charge in [-0.15, -0.1) is 0 Å². The van der Waals surface area contributed by atoms with Gasteiger partial charge in [0.25, 0.3) is 5.91 Å². The Morgan fingerprint density at radius 2 is 1.64 bits per heavy atom. The van der Waals surface area contributed by atoms with Crippen LogP contribution in [0.3, 0.4) is 0 Å². The minimum Gasteiger partial charge on any atom is -0.457 e. The molecule has 0 saturated heterocycles. The lowest BCUT2D eigenvalue weighted by Gasteiger charge is -2.15. The van der Waals surface area contributed by atoms with Gasteiger partial charge < -0.3 is 20.7 Å². The average Bonchev–Trinajstić information content (AvgIpc) is 2.85. The second kappa shape index (κ2) is 11.2. The number of benzene rings is 2. The van der Waals surface area contributed by atoms with E-state index in [-0.39, 0.29) is 22.9 Å². The number of halogens is 3. The molecule has 0 fully saturated rings. The first-order valence-electron chi connectivity index (χ1n) is 10.5. The van der Waals surface area contributed by atoms with Gasteiger partial charge in [0.2, 0.25) is 0 Å². The fraction of sp³-hybridized carbons (Fsp3) is 0.120. The van der Waals surface area contributed by atoms with E-state index in [0.717, 1.165) is 18.2 Å². The van der Waals surface area contributed by atoms with Gasteiger partial charge in [0.15, 0.2) is 5.78 Å². The third-order valence-corrected chi connectivity index (χ3v) is 4.80. The summed E-state index contributed by atoms with van der Waals surface area (Å²) in [6.45, 7) is 3.26. The summed E-state index contributed by atoms with van der Waals surface area (Å²) in [6.07, 6.45) is -2.79. The van der Waals surface area contributed by atoms with E-state index in [1.54, 1.807) is 18.2 Å². The third-order valence-electron chi connectivity index (χ3n) is 4.80. The fourth-order valence-electron chi connectivity index (χ4n) is 3.09. The van der Waals surface area contributed by atoms with Crippen LogP contribution in [0.25, 0.3) is 0 Å². The topological polar surface area (TPSA) is 109 Å². The van der Waals surface area contributed by atoms with Crippen molar-refractivity contribution in [2.75, 3.05) is 17.7 Å². The van der Waals surface area contributed by atoms with E-state index in [2.05, 4.69) is 27.5 Å². The molecule has 0 aliphatic rings. The maximum absolute atomic E-state index is 13.4. The summed E-state index contributed by atoms with van der Waals surface area (Å²) in [5.41, 5.74) is -0.804. The van der Waals surface area contributed by atoms with E-state index in [1.807, 2.05) is 0 Å². The summed E-state index contributed by atoms with van der Waals surface area (Å²) in [4.78, 5) is 39.5. The number of amides is 3. The standard InChI is InChI=1S/C25H21F3N4O4/c1-3-18(33)12-15-4-5-17(13-21(15)25(26,27)28)32-24(35)31-16-6-8-19(9-7-16)36-20-10-11-30-22(14-20)23(34)29-2/h3-11,13-14H,1,12H2,2H3,(H,29,34)(H2,31,32,35). The second-order valence-corrected chi connectivity index (χ2v) is 7.38. The zero-order valence-electron chi connectivity index (χ0n) is 19.0. The number of allylic oxidation sites excluding steroid dienone is 1. The first kappa shape index (κ1) is 25.9. The molecule has 36 heavy (non-hydrogen) atoms. The summed E-state index contributed by atoms with van der Waals surface area (Å²) in [7, 11) is 1.48. The second-order valence-electron chi connectivity index (χ2n) is 7.38. The summed E-state index contributed by atoms with van der Waals surface area (Å²) >= 11 is 0. The van der Waals surface area contributed by atoms with Crippen molar-refractivity contribution in [3.63, 3.8) is 0 Å². The Labute approximate surface area is 204 Å². The summed E-state index contributed by atoms with van der Waals surface area (Å²) in [6, 6.07) is 11.6. The number of rotatable bonds is 8. The molecule has 1 heterocycles. The highest BCUT2D eigenvalue weighted by atomic mass is 19.4. The maximum Gasteiger partial charge on any atom is 0.416 e. The van der Waals surface area contributed by atoms with Gasteiger partial charge in [-0.25, -0.2) is 4.79 Å². The minimum atomic E-state index is -4.71. The van der Waals surface area contributed by atoms with Crippen LogP contribution in [0.2, 0.25) is 0 Å². The van der Waals surface area contributed by atoms with Crippen LogP contribution in [-0.2, 0) is 17.4 Å². The molecule has 0 saturated carbocycles. The summed E-state index contributed by atoms with van der Waals surface area (Å²) in [5.74, 6) is -0.134. The first-order valence-corrected chi connectivity index (χ1v) is 10.5. The van der Waals surface area contributed by atoms with Crippen molar-refractivity contribution in [3.8, 4) is 11.5 Å². The van der Waals surface area contributed by atoms with E-state index < -0.39 is 30.0 Å². The highest BCUT2D eigenvalue weighted by Gasteiger charge is 2.34. The Morgan fingerprint density at radius 3 is 2.28 bits per heavy atom. The molecule has 3 aromatic rings. The number of nitrogens with one attached hydrogen (secondary N) is 3. The van der Waals surface area contributed by atoms with E-state index in [4.69, 9.17) is 4.74 Å². The molecule has 3 amide bonds. The molecule has 3 N–H and O–H groups in total. The Hall–Kier alpha value is -4.67. The van der Waals surface area contributed by atoms with Crippen LogP contribution in [0.5, 0.6) is 11.5 Å². The molecule has 0 radical (unpaired) electrons.